The molecule has 0 aromatic rings. The van der Waals surface area contributed by atoms with Gasteiger partial charge in [-0.05, 0) is 44.7 Å². The summed E-state index contributed by atoms with van der Waals surface area (Å²) in [4.78, 5) is 15.0. The summed E-state index contributed by atoms with van der Waals surface area (Å²) in [5.74, 6) is 3.49. The molecule has 4 nitrogen and oxygen atoms in total. The van der Waals surface area contributed by atoms with Gasteiger partial charge < -0.3 is 10.6 Å². The predicted octanol–water partition coefficient (Wildman–Crippen LogP) is 3.09. The summed E-state index contributed by atoms with van der Waals surface area (Å²) >= 11 is 2.07. The van der Waals surface area contributed by atoms with Crippen LogP contribution >= 0.6 is 36.6 Å². The van der Waals surface area contributed by atoms with Crippen molar-refractivity contribution in [3.63, 3.8) is 0 Å². The minimum atomic E-state index is 0. The van der Waals surface area contributed by atoms with E-state index in [2.05, 4.69) is 27.3 Å². The smallest absolute Gasteiger partial charge is 0.220 e. The Balaban J connectivity index is 0.00000156. The fourth-order valence-electron chi connectivity index (χ4n) is 4.50. The van der Waals surface area contributed by atoms with Gasteiger partial charge in [-0.3, -0.25) is 9.69 Å². The molecule has 3 rings (SSSR count). The molecular weight excluding hydrogens is 377 g/mol. The van der Waals surface area contributed by atoms with E-state index in [0.717, 1.165) is 26.1 Å². The van der Waals surface area contributed by atoms with E-state index in [-0.39, 0.29) is 36.3 Å². The molecule has 0 bridgehead atoms. The predicted molar refractivity (Wildman–Crippen MR) is 112 cm³/mol. The summed E-state index contributed by atoms with van der Waals surface area (Å²) in [6.45, 7) is 5.51. The molecule has 2 heterocycles. The topological polar surface area (TPSA) is 44.4 Å². The summed E-state index contributed by atoms with van der Waals surface area (Å²) in [6, 6.07) is 0. The van der Waals surface area contributed by atoms with Crippen LogP contribution in [-0.4, -0.2) is 60.6 Å². The Kier molecular flexibility index (Phi) is 11.1. The molecule has 0 radical (unpaired) electrons. The Labute approximate surface area is 169 Å². The molecule has 1 saturated carbocycles. The van der Waals surface area contributed by atoms with E-state index in [0.29, 0.717) is 12.3 Å². The Hall–Kier alpha value is 0.320. The summed E-state index contributed by atoms with van der Waals surface area (Å²) < 4.78 is 0. The lowest BCUT2D eigenvalue weighted by molar-refractivity contribution is -0.122. The molecule has 2 aliphatic heterocycles. The van der Waals surface area contributed by atoms with Gasteiger partial charge in [0, 0.05) is 43.1 Å². The third kappa shape index (κ3) is 6.76. The summed E-state index contributed by atoms with van der Waals surface area (Å²) in [5, 5.41) is 6.70. The van der Waals surface area contributed by atoms with Crippen molar-refractivity contribution in [2.75, 3.05) is 44.2 Å². The zero-order valence-electron chi connectivity index (χ0n) is 15.3. The van der Waals surface area contributed by atoms with E-state index < -0.39 is 0 Å². The minimum Gasteiger partial charge on any atom is -0.354 e. The standard InChI is InChI=1S/C18H33N3OS.2ClH/c22-17(5-4-16-6-9-19-14-16)20-15-18(7-2-1-3-8-18)21-10-12-23-13-11-21;;/h16,19H,1-15H2,(H,20,22);2*1H. The number of nitrogens with zero attached hydrogens (tertiary/aromatic N) is 1. The van der Waals surface area contributed by atoms with E-state index in [1.807, 2.05) is 0 Å². The number of amides is 1. The zero-order chi connectivity index (χ0) is 16.0. The lowest BCUT2D eigenvalue weighted by atomic mass is 9.80. The first-order valence-electron chi connectivity index (χ1n) is 9.59. The fourth-order valence-corrected chi connectivity index (χ4v) is 5.40. The second-order valence-corrected chi connectivity index (χ2v) is 8.78. The van der Waals surface area contributed by atoms with E-state index in [9.17, 15) is 4.79 Å². The Morgan fingerprint density at radius 2 is 1.88 bits per heavy atom. The van der Waals surface area contributed by atoms with Gasteiger partial charge in [0.2, 0.25) is 5.91 Å². The highest BCUT2D eigenvalue weighted by Gasteiger charge is 2.38. The van der Waals surface area contributed by atoms with Gasteiger partial charge in [-0.1, -0.05) is 19.3 Å². The molecule has 3 fully saturated rings. The molecule has 7 heteroatoms. The molecule has 1 atom stereocenters. The highest BCUT2D eigenvalue weighted by atomic mass is 35.5. The highest BCUT2D eigenvalue weighted by Crippen LogP contribution is 2.34. The van der Waals surface area contributed by atoms with Crippen molar-refractivity contribution in [3.05, 3.63) is 0 Å². The maximum absolute atomic E-state index is 12.3. The van der Waals surface area contributed by atoms with Gasteiger partial charge in [-0.15, -0.1) is 24.8 Å². The molecule has 0 spiro atoms. The lowest BCUT2D eigenvalue weighted by Gasteiger charge is -2.48. The Morgan fingerprint density at radius 3 is 2.52 bits per heavy atom. The molecule has 25 heavy (non-hydrogen) atoms. The molecular formula is C18H35Cl2N3OS. The van der Waals surface area contributed by atoms with Gasteiger partial charge in [0.25, 0.3) is 0 Å². The van der Waals surface area contributed by atoms with Crippen LogP contribution in [0.2, 0.25) is 0 Å². The van der Waals surface area contributed by atoms with Crippen LogP contribution in [0.25, 0.3) is 0 Å². The van der Waals surface area contributed by atoms with Crippen molar-refractivity contribution in [1.29, 1.82) is 0 Å². The first kappa shape index (κ1) is 23.4. The van der Waals surface area contributed by atoms with Crippen LogP contribution in [0, 0.1) is 5.92 Å². The van der Waals surface area contributed by atoms with Crippen LogP contribution in [0.1, 0.15) is 51.4 Å². The van der Waals surface area contributed by atoms with E-state index in [1.54, 1.807) is 0 Å². The van der Waals surface area contributed by atoms with Gasteiger partial charge in [0.1, 0.15) is 0 Å². The average molecular weight is 412 g/mol. The van der Waals surface area contributed by atoms with Crippen molar-refractivity contribution in [1.82, 2.24) is 15.5 Å². The number of nitrogens with one attached hydrogen (secondary N) is 2. The molecule has 0 aromatic carbocycles. The lowest BCUT2D eigenvalue weighted by Crippen LogP contribution is -2.58. The van der Waals surface area contributed by atoms with Gasteiger partial charge in [0.05, 0.1) is 0 Å². The number of carbonyl (C=O) groups excluding carboxylic acids is 1. The van der Waals surface area contributed by atoms with Gasteiger partial charge in [0.15, 0.2) is 0 Å². The van der Waals surface area contributed by atoms with Gasteiger partial charge in [-0.2, -0.15) is 11.8 Å². The monoisotopic (exact) mass is 411 g/mol. The second-order valence-electron chi connectivity index (χ2n) is 7.56. The van der Waals surface area contributed by atoms with Crippen molar-refractivity contribution >= 4 is 42.5 Å². The largest absolute Gasteiger partial charge is 0.354 e. The Morgan fingerprint density at radius 1 is 1.16 bits per heavy atom. The summed E-state index contributed by atoms with van der Waals surface area (Å²) in [7, 11) is 0. The average Bonchev–Trinajstić information content (AvgIpc) is 3.13. The third-order valence-corrected chi connectivity index (χ3v) is 6.97. The highest BCUT2D eigenvalue weighted by molar-refractivity contribution is 7.99. The molecule has 2 saturated heterocycles. The van der Waals surface area contributed by atoms with Crippen molar-refractivity contribution in [2.24, 2.45) is 5.92 Å². The molecule has 1 aliphatic carbocycles. The number of hydrogen-bond acceptors (Lipinski definition) is 4. The van der Waals surface area contributed by atoms with Crippen LogP contribution < -0.4 is 10.6 Å². The van der Waals surface area contributed by atoms with Crippen molar-refractivity contribution < 1.29 is 4.79 Å². The Bertz CT molecular complexity index is 383. The van der Waals surface area contributed by atoms with Crippen LogP contribution in [-0.2, 0) is 4.79 Å². The van der Waals surface area contributed by atoms with E-state index in [4.69, 9.17) is 0 Å². The molecule has 1 unspecified atom stereocenters. The maximum Gasteiger partial charge on any atom is 0.220 e. The van der Waals surface area contributed by atoms with Crippen LogP contribution in [0.3, 0.4) is 0 Å². The summed E-state index contributed by atoms with van der Waals surface area (Å²) in [5.41, 5.74) is 0.254. The number of halogens is 2. The number of rotatable bonds is 6. The van der Waals surface area contributed by atoms with Gasteiger partial charge in [-0.25, -0.2) is 0 Å². The molecule has 0 aromatic heterocycles. The van der Waals surface area contributed by atoms with Crippen LogP contribution in [0.5, 0.6) is 0 Å². The first-order valence-corrected chi connectivity index (χ1v) is 10.7. The summed E-state index contributed by atoms with van der Waals surface area (Å²) in [6.07, 6.45) is 9.55. The minimum absolute atomic E-state index is 0. The SMILES string of the molecule is Cl.Cl.O=C(CCC1CCNC1)NCC1(N2CCSCC2)CCCCC1. The van der Waals surface area contributed by atoms with E-state index >= 15 is 0 Å². The number of hydrogen-bond donors (Lipinski definition) is 2. The van der Waals surface area contributed by atoms with Crippen molar-refractivity contribution in [2.45, 2.75) is 56.9 Å². The van der Waals surface area contributed by atoms with Crippen LogP contribution in [0.4, 0.5) is 0 Å². The molecule has 2 N–H and O–H groups in total. The molecule has 3 aliphatic rings. The normalized spacial score (nSPS) is 26.3. The number of carbonyl (C=O) groups is 1. The fraction of sp³-hybridized carbons (Fsp3) is 0.944. The quantitative estimate of drug-likeness (QED) is 0.704. The second kappa shape index (κ2) is 11.9. The molecule has 1 amide bonds. The van der Waals surface area contributed by atoms with Gasteiger partial charge >= 0.3 is 0 Å². The maximum atomic E-state index is 12.3. The first-order chi connectivity index (χ1) is 11.3. The zero-order valence-corrected chi connectivity index (χ0v) is 17.7. The third-order valence-electron chi connectivity index (χ3n) is 6.02. The van der Waals surface area contributed by atoms with E-state index in [1.165, 1.54) is 63.1 Å². The number of thioether (sulfide) groups is 1. The van der Waals surface area contributed by atoms with Crippen LogP contribution in [0.15, 0.2) is 0 Å². The molecule has 148 valence electrons. The van der Waals surface area contributed by atoms with Crippen molar-refractivity contribution in [3.8, 4) is 0 Å².